The molecule has 0 radical (unpaired) electrons. The Balaban J connectivity index is 2.26. The summed E-state index contributed by atoms with van der Waals surface area (Å²) in [5.74, 6) is 2.06. The fraction of sp³-hybridized carbons (Fsp3) is 0.917. The lowest BCUT2D eigenvalue weighted by molar-refractivity contribution is -0.123. The van der Waals surface area contributed by atoms with Gasteiger partial charge in [0.05, 0.1) is 6.04 Å². The van der Waals surface area contributed by atoms with Crippen LogP contribution in [0.2, 0.25) is 0 Å². The second kappa shape index (κ2) is 7.24. The normalized spacial score (nSPS) is 21.2. The highest BCUT2D eigenvalue weighted by molar-refractivity contribution is 7.99. The van der Waals surface area contributed by atoms with Crippen LogP contribution in [0.25, 0.3) is 0 Å². The fourth-order valence-electron chi connectivity index (χ4n) is 1.83. The van der Waals surface area contributed by atoms with Crippen molar-refractivity contribution in [1.29, 1.82) is 0 Å². The smallest absolute Gasteiger partial charge is 0.238 e. The molecule has 0 saturated carbocycles. The van der Waals surface area contributed by atoms with Crippen LogP contribution in [-0.2, 0) is 4.79 Å². The minimum Gasteiger partial charge on any atom is -0.396 e. The monoisotopic (exact) mass is 260 g/mol. The molecular formula is C12H24N2O2S. The van der Waals surface area contributed by atoms with Crippen LogP contribution in [0.4, 0.5) is 0 Å². The van der Waals surface area contributed by atoms with Gasteiger partial charge >= 0.3 is 0 Å². The van der Waals surface area contributed by atoms with Gasteiger partial charge in [0.15, 0.2) is 0 Å². The Labute approximate surface area is 108 Å². The number of rotatable bonds is 6. The molecule has 1 atom stereocenters. The molecule has 1 fully saturated rings. The minimum atomic E-state index is -0.0395. The Morgan fingerprint density at radius 3 is 2.94 bits per heavy atom. The van der Waals surface area contributed by atoms with E-state index in [1.807, 2.05) is 11.8 Å². The highest BCUT2D eigenvalue weighted by Crippen LogP contribution is 2.20. The van der Waals surface area contributed by atoms with E-state index in [0.29, 0.717) is 6.54 Å². The van der Waals surface area contributed by atoms with Crippen LogP contribution in [0, 0.1) is 5.41 Å². The number of thioether (sulfide) groups is 1. The van der Waals surface area contributed by atoms with Crippen LogP contribution < -0.4 is 10.6 Å². The Kier molecular flexibility index (Phi) is 6.30. The maximum Gasteiger partial charge on any atom is 0.238 e. The van der Waals surface area contributed by atoms with Gasteiger partial charge in [-0.15, -0.1) is 0 Å². The Bertz CT molecular complexity index is 241. The lowest BCUT2D eigenvalue weighted by Gasteiger charge is -2.27. The third-order valence-electron chi connectivity index (χ3n) is 2.99. The number of aliphatic hydroxyl groups excluding tert-OH is 1. The molecule has 17 heavy (non-hydrogen) atoms. The lowest BCUT2D eigenvalue weighted by Crippen LogP contribution is -2.50. The van der Waals surface area contributed by atoms with Crippen molar-refractivity contribution in [1.82, 2.24) is 10.6 Å². The van der Waals surface area contributed by atoms with E-state index >= 15 is 0 Å². The molecule has 1 unspecified atom stereocenters. The van der Waals surface area contributed by atoms with E-state index in [0.717, 1.165) is 30.9 Å². The van der Waals surface area contributed by atoms with Crippen LogP contribution in [0.5, 0.6) is 0 Å². The summed E-state index contributed by atoms with van der Waals surface area (Å²) in [7, 11) is 0. The topological polar surface area (TPSA) is 61.4 Å². The second-order valence-corrected chi connectivity index (χ2v) is 6.44. The number of carbonyl (C=O) groups is 1. The average molecular weight is 260 g/mol. The third kappa shape index (κ3) is 5.75. The van der Waals surface area contributed by atoms with Crippen LogP contribution in [0.3, 0.4) is 0 Å². The summed E-state index contributed by atoms with van der Waals surface area (Å²) in [5, 5.41) is 15.0. The molecule has 1 amide bonds. The highest BCUT2D eigenvalue weighted by Gasteiger charge is 2.23. The summed E-state index contributed by atoms with van der Waals surface area (Å²) in [6.07, 6.45) is 1.72. The SMILES string of the molecule is CC(C)(CCCO)CNC(=O)C1CSCCN1. The summed E-state index contributed by atoms with van der Waals surface area (Å²) in [5.41, 5.74) is 0.0558. The fourth-order valence-corrected chi connectivity index (χ4v) is 2.76. The molecule has 0 spiro atoms. The van der Waals surface area contributed by atoms with E-state index < -0.39 is 0 Å². The lowest BCUT2D eigenvalue weighted by atomic mass is 9.88. The van der Waals surface area contributed by atoms with E-state index in [1.165, 1.54) is 0 Å². The van der Waals surface area contributed by atoms with Crippen LogP contribution in [0.15, 0.2) is 0 Å². The maximum absolute atomic E-state index is 11.9. The first-order chi connectivity index (χ1) is 8.05. The van der Waals surface area contributed by atoms with Crippen LogP contribution >= 0.6 is 11.8 Å². The molecule has 1 heterocycles. The predicted molar refractivity (Wildman–Crippen MR) is 72.2 cm³/mol. The van der Waals surface area contributed by atoms with Gasteiger partial charge in [0.1, 0.15) is 0 Å². The van der Waals surface area contributed by atoms with Crippen LogP contribution in [-0.4, -0.2) is 48.3 Å². The standard InChI is InChI=1S/C12H24N2O2S/c1-12(2,4-3-6-15)9-14-11(16)10-8-17-7-5-13-10/h10,13,15H,3-9H2,1-2H3,(H,14,16). The first-order valence-corrected chi connectivity index (χ1v) is 7.40. The van der Waals surface area contributed by atoms with E-state index in [4.69, 9.17) is 5.11 Å². The molecule has 1 aliphatic heterocycles. The van der Waals surface area contributed by atoms with Gasteiger partial charge in [-0.2, -0.15) is 11.8 Å². The van der Waals surface area contributed by atoms with Gasteiger partial charge in [-0.05, 0) is 18.3 Å². The van der Waals surface area contributed by atoms with Crippen molar-refractivity contribution in [3.63, 3.8) is 0 Å². The molecule has 1 aliphatic rings. The Morgan fingerprint density at radius 1 is 1.59 bits per heavy atom. The van der Waals surface area contributed by atoms with Crippen molar-refractivity contribution in [2.45, 2.75) is 32.7 Å². The molecule has 0 bridgehead atoms. The molecule has 1 rings (SSSR count). The van der Waals surface area contributed by atoms with Crippen molar-refractivity contribution < 1.29 is 9.90 Å². The molecular weight excluding hydrogens is 236 g/mol. The Hall–Kier alpha value is -0.260. The van der Waals surface area contributed by atoms with Gasteiger partial charge in [-0.1, -0.05) is 13.8 Å². The number of nitrogens with one attached hydrogen (secondary N) is 2. The molecule has 0 aromatic carbocycles. The van der Waals surface area contributed by atoms with Crippen molar-refractivity contribution in [2.75, 3.05) is 31.2 Å². The molecule has 4 nitrogen and oxygen atoms in total. The molecule has 0 aromatic rings. The first-order valence-electron chi connectivity index (χ1n) is 6.25. The average Bonchev–Trinajstić information content (AvgIpc) is 2.35. The molecule has 0 aliphatic carbocycles. The van der Waals surface area contributed by atoms with Crippen molar-refractivity contribution in [3.05, 3.63) is 0 Å². The predicted octanol–water partition coefficient (Wildman–Crippen LogP) is 0.606. The van der Waals surface area contributed by atoms with E-state index in [2.05, 4.69) is 24.5 Å². The zero-order valence-corrected chi connectivity index (χ0v) is 11.6. The zero-order chi connectivity index (χ0) is 12.7. The molecule has 3 N–H and O–H groups in total. The summed E-state index contributed by atoms with van der Waals surface area (Å²) < 4.78 is 0. The van der Waals surface area contributed by atoms with Crippen LogP contribution in [0.1, 0.15) is 26.7 Å². The summed E-state index contributed by atoms with van der Waals surface area (Å²) in [6.45, 7) is 6.04. The van der Waals surface area contributed by atoms with Gasteiger partial charge in [-0.25, -0.2) is 0 Å². The number of hydrogen-bond acceptors (Lipinski definition) is 4. The first kappa shape index (κ1) is 14.8. The third-order valence-corrected chi connectivity index (χ3v) is 4.05. The van der Waals surface area contributed by atoms with Gasteiger partial charge in [0, 0.05) is 31.2 Å². The van der Waals surface area contributed by atoms with E-state index in [1.54, 1.807) is 0 Å². The largest absolute Gasteiger partial charge is 0.396 e. The van der Waals surface area contributed by atoms with Crippen molar-refractivity contribution >= 4 is 17.7 Å². The van der Waals surface area contributed by atoms with Gasteiger partial charge in [0.25, 0.3) is 0 Å². The van der Waals surface area contributed by atoms with Crippen molar-refractivity contribution in [2.24, 2.45) is 5.41 Å². The van der Waals surface area contributed by atoms with Gasteiger partial charge < -0.3 is 15.7 Å². The van der Waals surface area contributed by atoms with E-state index in [-0.39, 0.29) is 24.0 Å². The molecule has 1 saturated heterocycles. The molecule has 0 aromatic heterocycles. The quantitative estimate of drug-likeness (QED) is 0.655. The van der Waals surface area contributed by atoms with Gasteiger partial charge in [-0.3, -0.25) is 4.79 Å². The van der Waals surface area contributed by atoms with Gasteiger partial charge in [0.2, 0.25) is 5.91 Å². The number of amides is 1. The maximum atomic E-state index is 11.9. The molecule has 100 valence electrons. The zero-order valence-electron chi connectivity index (χ0n) is 10.8. The molecule has 5 heteroatoms. The number of hydrogen-bond donors (Lipinski definition) is 3. The number of carbonyl (C=O) groups excluding carboxylic acids is 1. The summed E-state index contributed by atoms with van der Waals surface area (Å²) in [4.78, 5) is 11.9. The minimum absolute atomic E-state index is 0.0395. The highest BCUT2D eigenvalue weighted by atomic mass is 32.2. The van der Waals surface area contributed by atoms with E-state index in [9.17, 15) is 4.79 Å². The van der Waals surface area contributed by atoms with Crippen molar-refractivity contribution in [3.8, 4) is 0 Å². The Morgan fingerprint density at radius 2 is 2.35 bits per heavy atom. The number of aliphatic hydroxyl groups is 1. The summed E-state index contributed by atoms with van der Waals surface area (Å²) >= 11 is 1.82. The second-order valence-electron chi connectivity index (χ2n) is 5.29. The summed E-state index contributed by atoms with van der Waals surface area (Å²) in [6, 6.07) is -0.0395.